The summed E-state index contributed by atoms with van der Waals surface area (Å²) < 4.78 is 36.6. The number of hydrogen-bond donors (Lipinski definition) is 1. The van der Waals surface area contributed by atoms with Gasteiger partial charge in [-0.15, -0.1) is 0 Å². The summed E-state index contributed by atoms with van der Waals surface area (Å²) in [5, 5.41) is 2.86. The number of nitrogens with zero attached hydrogens (tertiary/aromatic N) is 1. The fourth-order valence-electron chi connectivity index (χ4n) is 2.05. The van der Waals surface area contributed by atoms with Crippen LogP contribution < -0.4 is 5.32 Å². The highest BCUT2D eigenvalue weighted by molar-refractivity contribution is 7.91. The van der Waals surface area contributed by atoms with Gasteiger partial charge >= 0.3 is 0 Å². The molecule has 3 rings (SSSR count). The maximum Gasteiger partial charge on any atom is 0.266 e. The van der Waals surface area contributed by atoms with Crippen LogP contribution in [0.5, 0.6) is 0 Å². The second-order valence-electron chi connectivity index (χ2n) is 4.74. The van der Waals surface area contributed by atoms with Crippen LogP contribution >= 0.6 is 23.2 Å². The fraction of sp³-hybridized carbons (Fsp3) is 0.133. The van der Waals surface area contributed by atoms with Gasteiger partial charge in [0.1, 0.15) is 0 Å². The molecule has 0 spiro atoms. The van der Waals surface area contributed by atoms with Crippen molar-refractivity contribution < 1.29 is 17.3 Å². The van der Waals surface area contributed by atoms with Crippen molar-refractivity contribution in [3.63, 3.8) is 0 Å². The minimum Gasteiger partial charge on any atom is -0.459 e. The summed E-state index contributed by atoms with van der Waals surface area (Å²) in [6.07, 6.45) is 1.44. The number of furan rings is 1. The predicted octanol–water partition coefficient (Wildman–Crippen LogP) is 4.51. The van der Waals surface area contributed by atoms with Crippen LogP contribution in [0.3, 0.4) is 0 Å². The topological polar surface area (TPSA) is 85.3 Å². The van der Waals surface area contributed by atoms with Crippen molar-refractivity contribution in [3.05, 3.63) is 46.6 Å². The quantitative estimate of drug-likeness (QED) is 0.694. The molecule has 1 aromatic carbocycles. The van der Waals surface area contributed by atoms with Crippen LogP contribution in [0.2, 0.25) is 10.0 Å². The molecule has 0 atom stereocenters. The molecule has 0 aliphatic heterocycles. The zero-order valence-corrected chi connectivity index (χ0v) is 14.7. The molecule has 0 unspecified atom stereocenters. The molecule has 0 aliphatic carbocycles. The standard InChI is InChI=1S/C15H12Cl2N2O4S/c1-2-18-14-15(19-13(23-14)11-4-3-7-22-11)24(20,21)12-8-9(16)5-6-10(12)17/h3-8,18H,2H2,1H3. The van der Waals surface area contributed by atoms with Crippen molar-refractivity contribution in [2.24, 2.45) is 0 Å². The number of hydrogen-bond acceptors (Lipinski definition) is 6. The van der Waals surface area contributed by atoms with Crippen LogP contribution in [0.25, 0.3) is 11.7 Å². The van der Waals surface area contributed by atoms with Crippen LogP contribution in [0.15, 0.2) is 55.4 Å². The average Bonchev–Trinajstić information content (AvgIpc) is 3.19. The molecular weight excluding hydrogens is 375 g/mol. The zero-order valence-electron chi connectivity index (χ0n) is 12.4. The summed E-state index contributed by atoms with van der Waals surface area (Å²) in [6, 6.07) is 7.46. The van der Waals surface area contributed by atoms with Crippen molar-refractivity contribution in [3.8, 4) is 11.7 Å². The Morgan fingerprint density at radius 2 is 2.04 bits per heavy atom. The number of halogens is 2. The highest BCUT2D eigenvalue weighted by Crippen LogP contribution is 2.35. The summed E-state index contributed by atoms with van der Waals surface area (Å²) in [6.45, 7) is 2.25. The zero-order chi connectivity index (χ0) is 17.3. The van der Waals surface area contributed by atoms with E-state index in [4.69, 9.17) is 32.0 Å². The largest absolute Gasteiger partial charge is 0.459 e. The van der Waals surface area contributed by atoms with E-state index in [1.165, 1.54) is 24.5 Å². The second-order valence-corrected chi connectivity index (χ2v) is 7.42. The highest BCUT2D eigenvalue weighted by Gasteiger charge is 2.30. The van der Waals surface area contributed by atoms with Crippen LogP contribution in [-0.2, 0) is 9.84 Å². The van der Waals surface area contributed by atoms with Crippen molar-refractivity contribution in [1.29, 1.82) is 0 Å². The lowest BCUT2D eigenvalue weighted by Crippen LogP contribution is -2.07. The number of rotatable bonds is 5. The van der Waals surface area contributed by atoms with E-state index >= 15 is 0 Å². The Bertz CT molecular complexity index is 966. The van der Waals surface area contributed by atoms with E-state index in [0.29, 0.717) is 12.3 Å². The number of sulfone groups is 1. The molecule has 1 N–H and O–H groups in total. The van der Waals surface area contributed by atoms with Gasteiger partial charge in [0.15, 0.2) is 5.76 Å². The van der Waals surface area contributed by atoms with E-state index in [1.54, 1.807) is 19.1 Å². The molecule has 6 nitrogen and oxygen atoms in total. The van der Waals surface area contributed by atoms with Gasteiger partial charge in [0.25, 0.3) is 5.89 Å². The monoisotopic (exact) mass is 386 g/mol. The third kappa shape index (κ3) is 3.02. The molecule has 2 aromatic heterocycles. The fourth-order valence-corrected chi connectivity index (χ4v) is 4.09. The number of anilines is 1. The number of benzene rings is 1. The molecule has 24 heavy (non-hydrogen) atoms. The van der Waals surface area contributed by atoms with E-state index in [0.717, 1.165) is 0 Å². The molecule has 0 radical (unpaired) electrons. The Morgan fingerprint density at radius 1 is 1.25 bits per heavy atom. The van der Waals surface area contributed by atoms with E-state index in [9.17, 15) is 8.42 Å². The summed E-state index contributed by atoms with van der Waals surface area (Å²) in [5.74, 6) is 0.375. The van der Waals surface area contributed by atoms with Gasteiger partial charge < -0.3 is 14.2 Å². The van der Waals surface area contributed by atoms with Crippen molar-refractivity contribution in [2.45, 2.75) is 16.8 Å². The Hall–Kier alpha value is -1.96. The van der Waals surface area contributed by atoms with Crippen LogP contribution in [-0.4, -0.2) is 19.9 Å². The minimum absolute atomic E-state index is 0.0138. The highest BCUT2D eigenvalue weighted by atomic mass is 35.5. The predicted molar refractivity (Wildman–Crippen MR) is 90.3 cm³/mol. The summed E-state index contributed by atoms with van der Waals surface area (Å²) in [4.78, 5) is 3.93. The first-order valence-electron chi connectivity index (χ1n) is 6.92. The number of oxazole rings is 1. The molecule has 126 valence electrons. The summed E-state index contributed by atoms with van der Waals surface area (Å²) in [5.41, 5.74) is 0. The lowest BCUT2D eigenvalue weighted by molar-refractivity contribution is 0.523. The smallest absolute Gasteiger partial charge is 0.266 e. The van der Waals surface area contributed by atoms with Crippen molar-refractivity contribution in [2.75, 3.05) is 11.9 Å². The van der Waals surface area contributed by atoms with E-state index in [1.807, 2.05) is 0 Å². The summed E-state index contributed by atoms with van der Waals surface area (Å²) >= 11 is 11.9. The van der Waals surface area contributed by atoms with Gasteiger partial charge in [0.2, 0.25) is 20.7 Å². The average molecular weight is 387 g/mol. The first kappa shape index (κ1) is 16.9. The molecule has 0 amide bonds. The molecular formula is C15H12Cl2N2O4S. The second kappa shape index (κ2) is 6.51. The van der Waals surface area contributed by atoms with E-state index in [2.05, 4.69) is 10.3 Å². The normalized spacial score (nSPS) is 11.6. The molecule has 3 aromatic rings. The lowest BCUT2D eigenvalue weighted by atomic mass is 10.4. The Balaban J connectivity index is 2.18. The molecule has 0 saturated carbocycles. The first-order valence-corrected chi connectivity index (χ1v) is 9.16. The van der Waals surface area contributed by atoms with E-state index in [-0.39, 0.29) is 31.7 Å². The molecule has 9 heteroatoms. The number of nitrogens with one attached hydrogen (secondary N) is 1. The Kier molecular flexibility index (Phi) is 4.58. The van der Waals surface area contributed by atoms with Crippen molar-refractivity contribution in [1.82, 2.24) is 4.98 Å². The molecule has 0 aliphatic rings. The number of aromatic nitrogens is 1. The van der Waals surface area contributed by atoms with Gasteiger partial charge in [-0.05, 0) is 37.3 Å². The minimum atomic E-state index is -4.04. The first-order chi connectivity index (χ1) is 11.4. The lowest BCUT2D eigenvalue weighted by Gasteiger charge is -2.06. The van der Waals surface area contributed by atoms with Gasteiger partial charge in [0.05, 0.1) is 16.2 Å². The van der Waals surface area contributed by atoms with Crippen LogP contribution in [0.1, 0.15) is 6.92 Å². The molecule has 0 bridgehead atoms. The van der Waals surface area contributed by atoms with Gasteiger partial charge in [-0.1, -0.05) is 23.2 Å². The molecule has 0 saturated heterocycles. The van der Waals surface area contributed by atoms with Crippen LogP contribution in [0, 0.1) is 0 Å². The van der Waals surface area contributed by atoms with Gasteiger partial charge in [-0.25, -0.2) is 8.42 Å². The maximum absolute atomic E-state index is 12.9. The maximum atomic E-state index is 12.9. The van der Waals surface area contributed by atoms with Gasteiger partial charge in [-0.3, -0.25) is 0 Å². The van der Waals surface area contributed by atoms with Crippen LogP contribution in [0.4, 0.5) is 5.88 Å². The molecule has 0 fully saturated rings. The third-order valence-electron chi connectivity index (χ3n) is 3.10. The van der Waals surface area contributed by atoms with Gasteiger partial charge in [-0.2, -0.15) is 4.98 Å². The third-order valence-corrected chi connectivity index (χ3v) is 5.48. The summed E-state index contributed by atoms with van der Waals surface area (Å²) in [7, 11) is -4.04. The SMILES string of the molecule is CCNc1oc(-c2ccco2)nc1S(=O)(=O)c1cc(Cl)ccc1Cl. The van der Waals surface area contributed by atoms with Gasteiger partial charge in [0, 0.05) is 11.6 Å². The van der Waals surface area contributed by atoms with Crippen molar-refractivity contribution >= 4 is 38.9 Å². The Labute approximate surface area is 148 Å². The Morgan fingerprint density at radius 3 is 2.71 bits per heavy atom. The molecule has 2 heterocycles. The van der Waals surface area contributed by atoms with E-state index < -0.39 is 9.84 Å².